The molecule has 0 spiro atoms. The Morgan fingerprint density at radius 3 is 2.56 bits per heavy atom. The lowest BCUT2D eigenvalue weighted by Crippen LogP contribution is -2.08. The smallest absolute Gasteiger partial charge is 0.119 e. The quantitative estimate of drug-likeness (QED) is 0.797. The van der Waals surface area contributed by atoms with Gasteiger partial charge in [-0.3, -0.25) is 0 Å². The van der Waals surface area contributed by atoms with E-state index < -0.39 is 0 Å². The van der Waals surface area contributed by atoms with Gasteiger partial charge in [-0.15, -0.1) is 0 Å². The molecule has 2 N–H and O–H groups in total. The average Bonchev–Trinajstić information content (AvgIpc) is 3.13. The van der Waals surface area contributed by atoms with E-state index in [-0.39, 0.29) is 6.04 Å². The SMILES string of the molecule is CCC(N)c1ccc(OCCC2CC2)cc1. The highest BCUT2D eigenvalue weighted by molar-refractivity contribution is 5.28. The average molecular weight is 219 g/mol. The summed E-state index contributed by atoms with van der Waals surface area (Å²) in [4.78, 5) is 0. The second-order valence-corrected chi connectivity index (χ2v) is 4.66. The summed E-state index contributed by atoms with van der Waals surface area (Å²) in [6.45, 7) is 2.95. The Balaban J connectivity index is 1.80. The Labute approximate surface area is 97.8 Å². The first kappa shape index (κ1) is 11.5. The Bertz CT molecular complexity index is 316. The maximum Gasteiger partial charge on any atom is 0.119 e. The van der Waals surface area contributed by atoms with E-state index in [2.05, 4.69) is 19.1 Å². The van der Waals surface area contributed by atoms with Crippen LogP contribution in [0.1, 0.15) is 44.2 Å². The number of benzene rings is 1. The normalized spacial score (nSPS) is 17.1. The Morgan fingerprint density at radius 1 is 1.31 bits per heavy atom. The van der Waals surface area contributed by atoms with E-state index in [0.717, 1.165) is 24.7 Å². The molecule has 1 saturated carbocycles. The molecule has 0 radical (unpaired) electrons. The van der Waals surface area contributed by atoms with Crippen molar-refractivity contribution in [1.82, 2.24) is 0 Å². The summed E-state index contributed by atoms with van der Waals surface area (Å²) in [5.74, 6) is 1.90. The minimum atomic E-state index is 0.153. The van der Waals surface area contributed by atoms with Gasteiger partial charge in [0.2, 0.25) is 0 Å². The van der Waals surface area contributed by atoms with Crippen LogP contribution < -0.4 is 10.5 Å². The number of hydrogen-bond donors (Lipinski definition) is 1. The van der Waals surface area contributed by atoms with Crippen LogP contribution >= 0.6 is 0 Å². The van der Waals surface area contributed by atoms with Crippen molar-refractivity contribution in [2.24, 2.45) is 11.7 Å². The maximum atomic E-state index is 5.95. The summed E-state index contributed by atoms with van der Waals surface area (Å²) in [6.07, 6.45) is 4.97. The zero-order valence-corrected chi connectivity index (χ0v) is 9.99. The molecule has 0 saturated heterocycles. The molecule has 0 bridgehead atoms. The molecule has 1 unspecified atom stereocenters. The van der Waals surface area contributed by atoms with Gasteiger partial charge in [-0.1, -0.05) is 31.9 Å². The molecule has 2 heteroatoms. The first-order chi connectivity index (χ1) is 7.79. The molecule has 2 rings (SSSR count). The lowest BCUT2D eigenvalue weighted by Gasteiger charge is -2.10. The lowest BCUT2D eigenvalue weighted by molar-refractivity contribution is 0.302. The van der Waals surface area contributed by atoms with E-state index >= 15 is 0 Å². The Morgan fingerprint density at radius 2 is 2.00 bits per heavy atom. The molecule has 0 aromatic heterocycles. The van der Waals surface area contributed by atoms with Crippen LogP contribution in [0, 0.1) is 5.92 Å². The Hall–Kier alpha value is -1.02. The van der Waals surface area contributed by atoms with Crippen molar-refractivity contribution in [2.45, 2.75) is 38.6 Å². The van der Waals surface area contributed by atoms with Crippen molar-refractivity contribution in [3.63, 3.8) is 0 Å². The number of nitrogens with two attached hydrogens (primary N) is 1. The van der Waals surface area contributed by atoms with Crippen molar-refractivity contribution in [1.29, 1.82) is 0 Å². The Kier molecular flexibility index (Phi) is 3.83. The number of ether oxygens (including phenoxy) is 1. The summed E-state index contributed by atoms with van der Waals surface area (Å²) in [6, 6.07) is 8.34. The molecule has 0 heterocycles. The largest absolute Gasteiger partial charge is 0.494 e. The number of rotatable bonds is 6. The minimum Gasteiger partial charge on any atom is -0.494 e. The van der Waals surface area contributed by atoms with Gasteiger partial charge in [0.15, 0.2) is 0 Å². The van der Waals surface area contributed by atoms with Gasteiger partial charge >= 0.3 is 0 Å². The summed E-state index contributed by atoms with van der Waals surface area (Å²) < 4.78 is 5.68. The van der Waals surface area contributed by atoms with E-state index in [1.54, 1.807) is 0 Å². The predicted octanol–water partition coefficient (Wildman–Crippen LogP) is 3.28. The van der Waals surface area contributed by atoms with Gasteiger partial charge in [-0.2, -0.15) is 0 Å². The van der Waals surface area contributed by atoms with E-state index in [1.165, 1.54) is 24.8 Å². The van der Waals surface area contributed by atoms with Crippen molar-refractivity contribution in [3.8, 4) is 5.75 Å². The molecular weight excluding hydrogens is 198 g/mol. The molecule has 1 aromatic rings. The van der Waals surface area contributed by atoms with Crippen LogP contribution in [0.5, 0.6) is 5.75 Å². The highest BCUT2D eigenvalue weighted by Gasteiger charge is 2.20. The van der Waals surface area contributed by atoms with Crippen molar-refractivity contribution in [3.05, 3.63) is 29.8 Å². The highest BCUT2D eigenvalue weighted by Crippen LogP contribution is 2.32. The first-order valence-electron chi connectivity index (χ1n) is 6.28. The van der Waals surface area contributed by atoms with Gasteiger partial charge in [-0.05, 0) is 36.5 Å². The third-order valence-corrected chi connectivity index (χ3v) is 3.24. The zero-order valence-electron chi connectivity index (χ0n) is 9.99. The van der Waals surface area contributed by atoms with Gasteiger partial charge in [0, 0.05) is 6.04 Å². The zero-order chi connectivity index (χ0) is 11.4. The van der Waals surface area contributed by atoms with Crippen molar-refractivity contribution >= 4 is 0 Å². The monoisotopic (exact) mass is 219 g/mol. The third kappa shape index (κ3) is 3.24. The van der Waals surface area contributed by atoms with Crippen LogP contribution in [-0.2, 0) is 0 Å². The summed E-state index contributed by atoms with van der Waals surface area (Å²) in [5, 5.41) is 0. The maximum absolute atomic E-state index is 5.95. The molecule has 1 fully saturated rings. The minimum absolute atomic E-state index is 0.153. The van der Waals surface area contributed by atoms with Gasteiger partial charge in [0.05, 0.1) is 6.61 Å². The fourth-order valence-electron chi connectivity index (χ4n) is 1.80. The van der Waals surface area contributed by atoms with Gasteiger partial charge in [-0.25, -0.2) is 0 Å². The topological polar surface area (TPSA) is 35.2 Å². The second-order valence-electron chi connectivity index (χ2n) is 4.66. The molecule has 1 atom stereocenters. The van der Waals surface area contributed by atoms with Crippen LogP contribution in [0.4, 0.5) is 0 Å². The van der Waals surface area contributed by atoms with E-state index in [9.17, 15) is 0 Å². The van der Waals surface area contributed by atoms with Crippen LogP contribution in [0.25, 0.3) is 0 Å². The summed E-state index contributed by atoms with van der Waals surface area (Å²) >= 11 is 0. The van der Waals surface area contributed by atoms with E-state index in [0.29, 0.717) is 0 Å². The van der Waals surface area contributed by atoms with E-state index in [1.807, 2.05) is 12.1 Å². The molecule has 1 aliphatic carbocycles. The van der Waals surface area contributed by atoms with Crippen LogP contribution in [0.15, 0.2) is 24.3 Å². The molecule has 88 valence electrons. The van der Waals surface area contributed by atoms with E-state index in [4.69, 9.17) is 10.5 Å². The van der Waals surface area contributed by atoms with Crippen LogP contribution in [0.2, 0.25) is 0 Å². The van der Waals surface area contributed by atoms with Crippen molar-refractivity contribution in [2.75, 3.05) is 6.61 Å². The predicted molar refractivity (Wildman–Crippen MR) is 66.5 cm³/mol. The van der Waals surface area contributed by atoms with Crippen LogP contribution in [-0.4, -0.2) is 6.61 Å². The molecule has 1 aromatic carbocycles. The fraction of sp³-hybridized carbons (Fsp3) is 0.571. The van der Waals surface area contributed by atoms with Gasteiger partial charge < -0.3 is 10.5 Å². The first-order valence-corrected chi connectivity index (χ1v) is 6.28. The molecule has 2 nitrogen and oxygen atoms in total. The molecule has 0 amide bonds. The van der Waals surface area contributed by atoms with Crippen LogP contribution in [0.3, 0.4) is 0 Å². The fourth-order valence-corrected chi connectivity index (χ4v) is 1.80. The number of hydrogen-bond acceptors (Lipinski definition) is 2. The summed E-state index contributed by atoms with van der Waals surface area (Å²) in [5.41, 5.74) is 7.14. The van der Waals surface area contributed by atoms with Gasteiger partial charge in [0.25, 0.3) is 0 Å². The molecule has 16 heavy (non-hydrogen) atoms. The van der Waals surface area contributed by atoms with Gasteiger partial charge in [0.1, 0.15) is 5.75 Å². The lowest BCUT2D eigenvalue weighted by atomic mass is 10.1. The third-order valence-electron chi connectivity index (χ3n) is 3.24. The standard InChI is InChI=1S/C14H21NO/c1-2-14(15)12-5-7-13(8-6-12)16-10-9-11-3-4-11/h5-8,11,14H,2-4,9-10,15H2,1H3. The summed E-state index contributed by atoms with van der Waals surface area (Å²) in [7, 11) is 0. The highest BCUT2D eigenvalue weighted by atomic mass is 16.5. The molecule has 1 aliphatic rings. The molecule has 0 aliphatic heterocycles. The second kappa shape index (κ2) is 5.35. The van der Waals surface area contributed by atoms with Crippen molar-refractivity contribution < 1.29 is 4.74 Å². The molecular formula is C14H21NO.